The van der Waals surface area contributed by atoms with Crippen LogP contribution in [0, 0.1) is 5.92 Å². The Bertz CT molecular complexity index is 1010. The van der Waals surface area contributed by atoms with Gasteiger partial charge in [-0.2, -0.15) is 5.21 Å². The van der Waals surface area contributed by atoms with E-state index in [0.717, 1.165) is 25.8 Å². The van der Waals surface area contributed by atoms with Crippen LogP contribution >= 0.6 is 0 Å². The van der Waals surface area contributed by atoms with Crippen molar-refractivity contribution in [1.29, 1.82) is 0 Å². The summed E-state index contributed by atoms with van der Waals surface area (Å²) in [5.74, 6) is 0.644. The second kappa shape index (κ2) is 11.3. The van der Waals surface area contributed by atoms with Crippen LogP contribution in [-0.4, -0.2) is 44.4 Å². The van der Waals surface area contributed by atoms with Crippen molar-refractivity contribution in [2.24, 2.45) is 5.92 Å². The van der Waals surface area contributed by atoms with Gasteiger partial charge >= 0.3 is 0 Å². The highest BCUT2D eigenvalue weighted by Gasteiger charge is 2.29. The Morgan fingerprint density at radius 2 is 1.82 bits per heavy atom. The van der Waals surface area contributed by atoms with Gasteiger partial charge in [0.05, 0.1) is 0 Å². The zero-order chi connectivity index (χ0) is 23.0. The molecule has 3 aromatic rings. The number of tetrazole rings is 1. The summed E-state index contributed by atoms with van der Waals surface area (Å²) in [7, 11) is 0. The molecular formula is C27H35N5O. The van der Waals surface area contributed by atoms with E-state index in [1.165, 1.54) is 54.6 Å². The first kappa shape index (κ1) is 23.3. The van der Waals surface area contributed by atoms with E-state index in [1.54, 1.807) is 6.92 Å². The van der Waals surface area contributed by atoms with Crippen LogP contribution in [0.25, 0.3) is 11.1 Å². The molecule has 4 rings (SSSR count). The molecule has 174 valence electrons. The summed E-state index contributed by atoms with van der Waals surface area (Å²) in [6.07, 6.45) is 6.49. The predicted octanol–water partition coefficient (Wildman–Crippen LogP) is 5.18. The van der Waals surface area contributed by atoms with Crippen molar-refractivity contribution >= 4 is 5.78 Å². The number of nitrogens with zero attached hydrogens (tertiary/aromatic N) is 4. The highest BCUT2D eigenvalue weighted by molar-refractivity contribution is 5.79. The highest BCUT2D eigenvalue weighted by Crippen LogP contribution is 2.31. The average Bonchev–Trinajstić information content (AvgIpc) is 3.37. The van der Waals surface area contributed by atoms with Crippen LogP contribution in [0.1, 0.15) is 68.8 Å². The van der Waals surface area contributed by atoms with E-state index < -0.39 is 0 Å². The lowest BCUT2D eigenvalue weighted by Gasteiger charge is -2.26. The molecule has 0 unspecified atom stereocenters. The third kappa shape index (κ3) is 6.14. The molecule has 1 aliphatic heterocycles. The first-order valence-electron chi connectivity index (χ1n) is 12.3. The van der Waals surface area contributed by atoms with E-state index >= 15 is 0 Å². The Morgan fingerprint density at radius 1 is 1.03 bits per heavy atom. The number of hydrogen-bond acceptors (Lipinski definition) is 5. The lowest BCUT2D eigenvalue weighted by molar-refractivity contribution is -0.121. The van der Waals surface area contributed by atoms with Crippen LogP contribution < -0.4 is 0 Å². The van der Waals surface area contributed by atoms with Crippen molar-refractivity contribution in [1.82, 2.24) is 25.5 Å². The van der Waals surface area contributed by atoms with Gasteiger partial charge < -0.3 is 0 Å². The standard InChI is InChI=1S/C27H35N5O/c1-3-8-25(20(2)33)26(27-28-30-31-29-27)18-21-11-13-23(14-12-21)24-10-7-9-22(17-24)19-32-15-5-4-6-16-32/h7,9-14,17,25-26H,3-6,8,15-16,18-19H2,1-2H3,(H,28,29,30,31)/t25-,26+/m1/s1. The molecule has 2 aromatic carbocycles. The number of aromatic amines is 1. The quantitative estimate of drug-likeness (QED) is 0.465. The molecule has 0 aliphatic carbocycles. The molecule has 6 heteroatoms. The number of nitrogens with one attached hydrogen (secondary N) is 1. The normalized spacial score (nSPS) is 16.4. The molecule has 33 heavy (non-hydrogen) atoms. The van der Waals surface area contributed by atoms with Crippen molar-refractivity contribution in [2.45, 2.75) is 64.8 Å². The van der Waals surface area contributed by atoms with Gasteiger partial charge in [-0.1, -0.05) is 67.4 Å². The fourth-order valence-electron chi connectivity index (χ4n) is 5.05. The van der Waals surface area contributed by atoms with Gasteiger partial charge in [0.15, 0.2) is 5.82 Å². The number of aromatic nitrogens is 4. The van der Waals surface area contributed by atoms with Crippen LogP contribution in [0.2, 0.25) is 0 Å². The van der Waals surface area contributed by atoms with Crippen molar-refractivity contribution < 1.29 is 4.79 Å². The summed E-state index contributed by atoms with van der Waals surface area (Å²) in [6.45, 7) is 7.23. The molecule has 1 aliphatic rings. The number of H-pyrrole nitrogens is 1. The number of rotatable bonds is 10. The second-order valence-electron chi connectivity index (χ2n) is 9.32. The van der Waals surface area contributed by atoms with Crippen LogP contribution in [0.15, 0.2) is 48.5 Å². The molecule has 6 nitrogen and oxygen atoms in total. The van der Waals surface area contributed by atoms with Crippen LogP contribution in [-0.2, 0) is 17.8 Å². The third-order valence-electron chi connectivity index (χ3n) is 6.83. The minimum atomic E-state index is -0.0984. The Morgan fingerprint density at radius 3 is 2.48 bits per heavy atom. The summed E-state index contributed by atoms with van der Waals surface area (Å²) in [5, 5.41) is 14.7. The molecule has 0 amide bonds. The van der Waals surface area contributed by atoms with E-state index in [0.29, 0.717) is 5.82 Å². The smallest absolute Gasteiger partial charge is 0.178 e. The lowest BCUT2D eigenvalue weighted by Crippen LogP contribution is -2.29. The number of carbonyl (C=O) groups is 1. The van der Waals surface area contributed by atoms with Crippen LogP contribution in [0.3, 0.4) is 0 Å². The SMILES string of the molecule is CCC[C@H](C(C)=O)[C@H](Cc1ccc(-c2cccc(CN3CCCCC3)c2)cc1)c1nn[nH]n1. The maximum atomic E-state index is 12.4. The zero-order valence-electron chi connectivity index (χ0n) is 19.8. The molecule has 0 spiro atoms. The van der Waals surface area contributed by atoms with Crippen molar-refractivity contribution in [3.8, 4) is 11.1 Å². The van der Waals surface area contributed by atoms with Gasteiger partial charge in [0, 0.05) is 18.4 Å². The van der Waals surface area contributed by atoms with Crippen molar-refractivity contribution in [3.05, 3.63) is 65.5 Å². The van der Waals surface area contributed by atoms with Gasteiger partial charge in [-0.3, -0.25) is 9.69 Å². The number of likely N-dealkylation sites (tertiary alicyclic amines) is 1. The van der Waals surface area contributed by atoms with E-state index in [2.05, 4.69) is 81.0 Å². The Balaban J connectivity index is 1.49. The van der Waals surface area contributed by atoms with Gasteiger partial charge in [-0.05, 0) is 74.0 Å². The topological polar surface area (TPSA) is 74.8 Å². The molecular weight excluding hydrogens is 410 g/mol. The number of piperidine rings is 1. The summed E-state index contributed by atoms with van der Waals surface area (Å²) in [4.78, 5) is 14.9. The van der Waals surface area contributed by atoms with Gasteiger partial charge in [0.1, 0.15) is 5.78 Å². The first-order valence-corrected chi connectivity index (χ1v) is 12.3. The monoisotopic (exact) mass is 445 g/mol. The molecule has 0 saturated carbocycles. The maximum absolute atomic E-state index is 12.4. The van der Waals surface area contributed by atoms with E-state index in [-0.39, 0.29) is 17.6 Å². The number of carbonyl (C=O) groups excluding carboxylic acids is 1. The molecule has 1 fully saturated rings. The predicted molar refractivity (Wildman–Crippen MR) is 131 cm³/mol. The third-order valence-corrected chi connectivity index (χ3v) is 6.83. The van der Waals surface area contributed by atoms with Gasteiger partial charge in [0.2, 0.25) is 0 Å². The molecule has 0 radical (unpaired) electrons. The molecule has 2 heterocycles. The Labute approximate surface area is 196 Å². The number of benzene rings is 2. The minimum Gasteiger partial charge on any atom is -0.300 e. The summed E-state index contributed by atoms with van der Waals surface area (Å²) >= 11 is 0. The minimum absolute atomic E-state index is 0.0695. The van der Waals surface area contributed by atoms with Crippen molar-refractivity contribution in [2.75, 3.05) is 13.1 Å². The first-order chi connectivity index (χ1) is 16.1. The molecule has 1 N–H and O–H groups in total. The molecule has 1 saturated heterocycles. The van der Waals surface area contributed by atoms with Gasteiger partial charge in [-0.15, -0.1) is 10.2 Å². The van der Waals surface area contributed by atoms with Crippen LogP contribution in [0.4, 0.5) is 0 Å². The largest absolute Gasteiger partial charge is 0.300 e. The number of ketones is 1. The van der Waals surface area contributed by atoms with E-state index in [1.807, 2.05) is 0 Å². The Hall–Kier alpha value is -2.86. The zero-order valence-corrected chi connectivity index (χ0v) is 19.8. The molecule has 1 aromatic heterocycles. The summed E-state index contributed by atoms with van der Waals surface area (Å²) < 4.78 is 0. The summed E-state index contributed by atoms with van der Waals surface area (Å²) in [5.41, 5.74) is 5.02. The Kier molecular flexibility index (Phi) is 8.00. The number of Topliss-reactive ketones (excluding diaryl/α,β-unsaturated/α-hetero) is 1. The molecule has 2 atom stereocenters. The van der Waals surface area contributed by atoms with Gasteiger partial charge in [0.25, 0.3) is 0 Å². The second-order valence-corrected chi connectivity index (χ2v) is 9.32. The highest BCUT2D eigenvalue weighted by atomic mass is 16.1. The maximum Gasteiger partial charge on any atom is 0.178 e. The van der Waals surface area contributed by atoms with Crippen molar-refractivity contribution in [3.63, 3.8) is 0 Å². The van der Waals surface area contributed by atoms with E-state index in [9.17, 15) is 4.79 Å². The summed E-state index contributed by atoms with van der Waals surface area (Å²) in [6, 6.07) is 17.6. The van der Waals surface area contributed by atoms with Gasteiger partial charge in [-0.25, -0.2) is 0 Å². The fraction of sp³-hybridized carbons (Fsp3) is 0.481. The fourth-order valence-corrected chi connectivity index (χ4v) is 5.05. The number of hydrogen-bond donors (Lipinski definition) is 1. The average molecular weight is 446 g/mol. The lowest BCUT2D eigenvalue weighted by atomic mass is 9.81. The van der Waals surface area contributed by atoms with E-state index in [4.69, 9.17) is 0 Å². The van der Waals surface area contributed by atoms with Crippen LogP contribution in [0.5, 0.6) is 0 Å². The molecule has 0 bridgehead atoms.